The number of unbranched alkanes of at least 4 members (excludes halogenated alkanes) is 29. The summed E-state index contributed by atoms with van der Waals surface area (Å²) in [7, 11) is 1.17. The molecule has 0 aromatic carbocycles. The summed E-state index contributed by atoms with van der Waals surface area (Å²) < 4.78 is 30.2. The summed E-state index contributed by atoms with van der Waals surface area (Å²) in [5.74, 6) is -0.572. The van der Waals surface area contributed by atoms with Gasteiger partial charge in [-0.25, -0.2) is 0 Å². The number of allylic oxidation sites excluding steroid dienone is 9. The molecule has 3 atom stereocenters. The molecule has 0 bridgehead atoms. The maximum atomic E-state index is 13.5. The van der Waals surface area contributed by atoms with Crippen molar-refractivity contribution in [1.29, 1.82) is 0 Å². The van der Waals surface area contributed by atoms with Gasteiger partial charge in [-0.1, -0.05) is 217 Å². The second-order valence-corrected chi connectivity index (χ2v) is 22.6. The molecule has 0 aromatic rings. The summed E-state index contributed by atoms with van der Waals surface area (Å²) in [6.07, 6.45) is 63.2. The molecule has 0 heterocycles. The topological polar surface area (TPSA) is 114 Å². The number of nitrogens with one attached hydrogen (secondary N) is 1. The zero-order valence-electron chi connectivity index (χ0n) is 47.2. The van der Waals surface area contributed by atoms with Gasteiger partial charge < -0.3 is 28.5 Å². The lowest BCUT2D eigenvalue weighted by Crippen LogP contribution is -2.47. The SMILES string of the molecule is CCCCC/C=C\C/C=C\C/C=C\CCCCCCCCC(=O)NC(COP(=O)([O-])OCC[N+](C)(C)C)C(/C=C\CCCCCCCCCCCCC)OC(=O)CCCCC/C=C\CCCCCCCC. The van der Waals surface area contributed by atoms with Crippen LogP contribution in [0.5, 0.6) is 0 Å². The Kier molecular flexibility index (Phi) is 49.6. The normalized spacial score (nSPS) is 14.2. The van der Waals surface area contributed by atoms with Gasteiger partial charge in [0.15, 0.2) is 0 Å². The van der Waals surface area contributed by atoms with E-state index in [9.17, 15) is 19.0 Å². The van der Waals surface area contributed by atoms with Gasteiger partial charge in [-0.3, -0.25) is 14.2 Å². The average molecular weight is 1020 g/mol. The monoisotopic (exact) mass is 1020 g/mol. The summed E-state index contributed by atoms with van der Waals surface area (Å²) in [5.41, 5.74) is 0. The average Bonchev–Trinajstić information content (AvgIpc) is 3.33. The highest BCUT2D eigenvalue weighted by Crippen LogP contribution is 2.38. The van der Waals surface area contributed by atoms with E-state index in [2.05, 4.69) is 74.7 Å². The van der Waals surface area contributed by atoms with Gasteiger partial charge in [0.05, 0.1) is 33.8 Å². The largest absolute Gasteiger partial charge is 0.756 e. The van der Waals surface area contributed by atoms with Crippen LogP contribution in [0.25, 0.3) is 0 Å². The number of amides is 1. The molecule has 0 aliphatic carbocycles. The number of phosphoric acid groups is 1. The zero-order valence-corrected chi connectivity index (χ0v) is 48.1. The van der Waals surface area contributed by atoms with Crippen LogP contribution in [0.1, 0.15) is 265 Å². The van der Waals surface area contributed by atoms with Gasteiger partial charge in [0.25, 0.3) is 7.82 Å². The Bertz CT molecular complexity index is 1400. The first kappa shape index (κ1) is 68.7. The molecule has 71 heavy (non-hydrogen) atoms. The van der Waals surface area contributed by atoms with Crippen molar-refractivity contribution in [3.63, 3.8) is 0 Å². The van der Waals surface area contributed by atoms with E-state index in [1.54, 1.807) is 0 Å². The number of hydrogen-bond donors (Lipinski definition) is 1. The first-order chi connectivity index (χ1) is 34.4. The van der Waals surface area contributed by atoms with Crippen molar-refractivity contribution in [3.05, 3.63) is 60.8 Å². The highest BCUT2D eigenvalue weighted by Gasteiger charge is 2.27. The predicted molar refractivity (Wildman–Crippen MR) is 302 cm³/mol. The molecule has 0 aliphatic heterocycles. The number of phosphoric ester groups is 1. The smallest absolute Gasteiger partial charge is 0.306 e. The quantitative estimate of drug-likeness (QED) is 0.0212. The molecule has 0 radical (unpaired) electrons. The van der Waals surface area contributed by atoms with Crippen LogP contribution in [0.3, 0.4) is 0 Å². The lowest BCUT2D eigenvalue weighted by atomic mass is 10.0. The van der Waals surface area contributed by atoms with Crippen LogP contribution >= 0.6 is 7.82 Å². The minimum absolute atomic E-state index is 0.0284. The van der Waals surface area contributed by atoms with E-state index in [0.29, 0.717) is 23.9 Å². The highest BCUT2D eigenvalue weighted by molar-refractivity contribution is 7.45. The first-order valence-corrected chi connectivity index (χ1v) is 31.1. The molecule has 0 rings (SSSR count). The Morgan fingerprint density at radius 3 is 1.34 bits per heavy atom. The second kappa shape index (κ2) is 51.2. The van der Waals surface area contributed by atoms with Crippen molar-refractivity contribution in [2.24, 2.45) is 0 Å². The second-order valence-electron chi connectivity index (χ2n) is 21.1. The lowest BCUT2D eigenvalue weighted by molar-refractivity contribution is -0.870. The molecule has 9 nitrogen and oxygen atoms in total. The Morgan fingerprint density at radius 2 is 0.859 bits per heavy atom. The van der Waals surface area contributed by atoms with Gasteiger partial charge in [0, 0.05) is 12.8 Å². The fraction of sp³-hybridized carbons (Fsp3) is 0.803. The number of rotatable bonds is 53. The molecule has 414 valence electrons. The van der Waals surface area contributed by atoms with Gasteiger partial charge in [-0.15, -0.1) is 0 Å². The van der Waals surface area contributed by atoms with Crippen molar-refractivity contribution >= 4 is 19.7 Å². The van der Waals surface area contributed by atoms with Crippen molar-refractivity contribution in [3.8, 4) is 0 Å². The standard InChI is InChI=1S/C61H113N2O7P/c1-7-10-13-16-19-22-25-28-29-30-31-32-33-36-38-41-44-47-50-53-60(64)62-58(57-69-71(66,67)68-56-55-63(4,5)6)59(52-49-46-43-40-37-34-26-23-20-17-14-11-8-2)70-61(65)54-51-48-45-42-39-35-27-24-21-18-15-12-9-3/h19,22,28-29,31-32,35,39,49,52,58-59H,7-18,20-21,23-27,30,33-34,36-38,40-48,50-51,53-57H2,1-6H3,(H-,62,64,66,67)/b22-19-,29-28-,32-31-,39-35-,52-49-. The number of likely N-dealkylation sites (N-methyl/N-ethyl adjacent to an activating group) is 1. The van der Waals surface area contributed by atoms with E-state index in [1.807, 2.05) is 33.3 Å². The molecular weight excluding hydrogens is 904 g/mol. The molecule has 10 heteroatoms. The van der Waals surface area contributed by atoms with Gasteiger partial charge in [0.1, 0.15) is 19.3 Å². The van der Waals surface area contributed by atoms with Crippen LogP contribution in [0.15, 0.2) is 60.8 Å². The summed E-state index contributed by atoms with van der Waals surface area (Å²) in [6.45, 7) is 6.79. The molecule has 1 N–H and O–H groups in total. The van der Waals surface area contributed by atoms with Crippen molar-refractivity contribution in [2.75, 3.05) is 40.9 Å². The third kappa shape index (κ3) is 52.4. The van der Waals surface area contributed by atoms with Gasteiger partial charge in [0.2, 0.25) is 5.91 Å². The van der Waals surface area contributed by atoms with Crippen molar-refractivity contribution in [1.82, 2.24) is 5.32 Å². The first-order valence-electron chi connectivity index (χ1n) is 29.6. The number of esters is 1. The van der Waals surface area contributed by atoms with E-state index in [0.717, 1.165) is 103 Å². The van der Waals surface area contributed by atoms with Crippen LogP contribution in [0.4, 0.5) is 0 Å². The molecular formula is C61H113N2O7P. The number of carbonyl (C=O) groups is 2. The molecule has 0 fully saturated rings. The van der Waals surface area contributed by atoms with Crippen LogP contribution < -0.4 is 10.2 Å². The Morgan fingerprint density at radius 1 is 0.493 bits per heavy atom. The Labute approximate surface area is 439 Å². The number of nitrogens with zero attached hydrogens (tertiary/aromatic N) is 1. The summed E-state index contributed by atoms with van der Waals surface area (Å²) in [6, 6.07) is -0.901. The van der Waals surface area contributed by atoms with E-state index in [-0.39, 0.29) is 24.9 Å². The number of quaternary nitrogens is 1. The van der Waals surface area contributed by atoms with E-state index in [4.69, 9.17) is 13.8 Å². The summed E-state index contributed by atoms with van der Waals surface area (Å²) in [4.78, 5) is 39.9. The van der Waals surface area contributed by atoms with E-state index >= 15 is 0 Å². The molecule has 3 unspecified atom stereocenters. The van der Waals surface area contributed by atoms with Crippen LogP contribution in [-0.4, -0.2) is 69.4 Å². The zero-order chi connectivity index (χ0) is 52.2. The third-order valence-corrected chi connectivity index (χ3v) is 13.9. The summed E-state index contributed by atoms with van der Waals surface area (Å²) >= 11 is 0. The predicted octanol–water partition coefficient (Wildman–Crippen LogP) is 17.3. The molecule has 0 saturated carbocycles. The fourth-order valence-electron chi connectivity index (χ4n) is 8.29. The fourth-order valence-corrected chi connectivity index (χ4v) is 9.01. The van der Waals surface area contributed by atoms with Crippen LogP contribution in [-0.2, 0) is 27.9 Å². The molecule has 0 aliphatic rings. The van der Waals surface area contributed by atoms with E-state index in [1.165, 1.54) is 122 Å². The number of hydrogen-bond acceptors (Lipinski definition) is 7. The van der Waals surface area contributed by atoms with Gasteiger partial charge >= 0.3 is 5.97 Å². The molecule has 0 saturated heterocycles. The summed E-state index contributed by atoms with van der Waals surface area (Å²) in [5, 5.41) is 3.01. The van der Waals surface area contributed by atoms with Crippen molar-refractivity contribution < 1.29 is 37.3 Å². The van der Waals surface area contributed by atoms with Gasteiger partial charge in [-0.2, -0.15) is 0 Å². The molecule has 0 aromatic heterocycles. The minimum atomic E-state index is -4.70. The van der Waals surface area contributed by atoms with Gasteiger partial charge in [-0.05, 0) is 96.0 Å². The molecule has 0 spiro atoms. The third-order valence-electron chi connectivity index (χ3n) is 12.9. The van der Waals surface area contributed by atoms with E-state index < -0.39 is 26.6 Å². The molecule has 1 amide bonds. The number of carbonyl (C=O) groups excluding carboxylic acids is 2. The van der Waals surface area contributed by atoms with Crippen LogP contribution in [0.2, 0.25) is 0 Å². The number of ether oxygens (including phenoxy) is 1. The maximum Gasteiger partial charge on any atom is 0.306 e. The van der Waals surface area contributed by atoms with Crippen molar-refractivity contribution in [2.45, 2.75) is 277 Å². The lowest BCUT2D eigenvalue weighted by Gasteiger charge is -2.30. The Hall–Kier alpha value is -2.29. The Balaban J connectivity index is 5.36. The highest BCUT2D eigenvalue weighted by atomic mass is 31.2. The maximum absolute atomic E-state index is 13.5. The minimum Gasteiger partial charge on any atom is -0.756 e. The van der Waals surface area contributed by atoms with Crippen LogP contribution in [0, 0.1) is 0 Å².